The second kappa shape index (κ2) is 13.1. The molecule has 0 radical (unpaired) electrons. The number of rotatable bonds is 13. The highest BCUT2D eigenvalue weighted by Gasteiger charge is 2.51. The maximum absolute atomic E-state index is 15.7. The number of fused-ring (bicyclic) bond motifs is 1. The zero-order chi connectivity index (χ0) is 32.7. The largest absolute Gasteiger partial charge is 0.344 e. The highest BCUT2D eigenvalue weighted by Crippen LogP contribution is 2.51. The molecule has 11 nitrogen and oxygen atoms in total. The quantitative estimate of drug-likeness (QED) is 0.310. The molecule has 248 valence electrons. The molecule has 1 aromatic carbocycles. The van der Waals surface area contributed by atoms with Gasteiger partial charge in [0.1, 0.15) is 23.6 Å². The van der Waals surface area contributed by atoms with Crippen molar-refractivity contribution in [2.24, 2.45) is 17.8 Å². The Balaban J connectivity index is 1.19. The van der Waals surface area contributed by atoms with Crippen LogP contribution in [0.25, 0.3) is 0 Å². The van der Waals surface area contributed by atoms with E-state index in [1.165, 1.54) is 12.1 Å². The fraction of sp³-hybridized carbons (Fsp3) is 0.618. The maximum atomic E-state index is 15.7. The molecule has 3 aliphatic carbocycles. The van der Waals surface area contributed by atoms with Gasteiger partial charge in [-0.2, -0.15) is 5.10 Å². The van der Waals surface area contributed by atoms with Gasteiger partial charge in [-0.15, -0.1) is 0 Å². The molecule has 5 atom stereocenters. The van der Waals surface area contributed by atoms with Crippen molar-refractivity contribution in [1.82, 2.24) is 30.2 Å². The normalized spacial score (nSPS) is 22.9. The SMILES string of the molecule is CCC(=O)N[C@@H](C(=O)N1CCN(C)[C@@H]2C[C@@H]21)[C@@H](C)c1ccc(NC(=O)[C@@H](NC(=O)c2ccnn2CC)C(C2CC2)C2CC2)c(F)c1. The van der Waals surface area contributed by atoms with Crippen LogP contribution in [0, 0.1) is 23.6 Å². The second-order valence-corrected chi connectivity index (χ2v) is 13.5. The monoisotopic (exact) mass is 635 g/mol. The Kier molecular flexibility index (Phi) is 9.18. The fourth-order valence-electron chi connectivity index (χ4n) is 7.24. The Hall–Kier alpha value is -3.80. The highest BCUT2D eigenvalue weighted by molar-refractivity contribution is 6.01. The van der Waals surface area contributed by atoms with E-state index in [1.54, 1.807) is 29.9 Å². The summed E-state index contributed by atoms with van der Waals surface area (Å²) in [6.07, 6.45) is 6.75. The van der Waals surface area contributed by atoms with E-state index in [0.717, 1.165) is 38.6 Å². The number of carbonyl (C=O) groups excluding carboxylic acids is 4. The van der Waals surface area contributed by atoms with E-state index in [1.807, 2.05) is 18.7 Å². The molecule has 2 heterocycles. The van der Waals surface area contributed by atoms with Gasteiger partial charge in [-0.3, -0.25) is 28.8 Å². The number of anilines is 1. The molecule has 4 aliphatic rings. The summed E-state index contributed by atoms with van der Waals surface area (Å²) in [7, 11) is 2.06. The Morgan fingerprint density at radius 2 is 1.70 bits per heavy atom. The van der Waals surface area contributed by atoms with Crippen LogP contribution in [0.1, 0.15) is 81.3 Å². The lowest BCUT2D eigenvalue weighted by atomic mass is 9.88. The van der Waals surface area contributed by atoms with E-state index in [9.17, 15) is 19.2 Å². The molecule has 4 amide bonds. The summed E-state index contributed by atoms with van der Waals surface area (Å²) in [5.74, 6) is -1.68. The summed E-state index contributed by atoms with van der Waals surface area (Å²) in [5, 5.41) is 12.8. The summed E-state index contributed by atoms with van der Waals surface area (Å²) in [6, 6.07) is 4.98. The fourth-order valence-corrected chi connectivity index (χ4v) is 7.24. The molecule has 4 fully saturated rings. The smallest absolute Gasteiger partial charge is 0.270 e. The molecule has 1 aromatic heterocycles. The molecule has 0 unspecified atom stereocenters. The molecule has 46 heavy (non-hydrogen) atoms. The van der Waals surface area contributed by atoms with Crippen molar-refractivity contribution in [2.75, 3.05) is 25.5 Å². The summed E-state index contributed by atoms with van der Waals surface area (Å²) >= 11 is 0. The van der Waals surface area contributed by atoms with Gasteiger partial charge < -0.3 is 20.9 Å². The van der Waals surface area contributed by atoms with Crippen LogP contribution < -0.4 is 16.0 Å². The number of benzene rings is 1. The van der Waals surface area contributed by atoms with Gasteiger partial charge in [0.2, 0.25) is 17.7 Å². The number of likely N-dealkylation sites (N-methyl/N-ethyl adjacent to an activating group) is 1. The first-order chi connectivity index (χ1) is 22.1. The van der Waals surface area contributed by atoms with Crippen LogP contribution >= 0.6 is 0 Å². The molecular formula is C34H46FN7O4. The van der Waals surface area contributed by atoms with Crippen LogP contribution in [-0.4, -0.2) is 87.5 Å². The van der Waals surface area contributed by atoms with Crippen LogP contribution in [-0.2, 0) is 20.9 Å². The maximum Gasteiger partial charge on any atom is 0.270 e. The average molecular weight is 636 g/mol. The van der Waals surface area contributed by atoms with E-state index in [0.29, 0.717) is 42.2 Å². The van der Waals surface area contributed by atoms with Crippen LogP contribution in [0.5, 0.6) is 0 Å². The second-order valence-electron chi connectivity index (χ2n) is 13.5. The van der Waals surface area contributed by atoms with Gasteiger partial charge in [-0.1, -0.05) is 19.9 Å². The van der Waals surface area contributed by atoms with E-state index >= 15 is 4.39 Å². The minimum Gasteiger partial charge on any atom is -0.344 e. The van der Waals surface area contributed by atoms with Crippen molar-refractivity contribution in [1.29, 1.82) is 0 Å². The summed E-state index contributed by atoms with van der Waals surface area (Å²) in [4.78, 5) is 57.5. The van der Waals surface area contributed by atoms with Crippen LogP contribution in [0.4, 0.5) is 10.1 Å². The molecule has 1 aliphatic heterocycles. The van der Waals surface area contributed by atoms with Crippen LogP contribution in [0.3, 0.4) is 0 Å². The van der Waals surface area contributed by atoms with Crippen LogP contribution in [0.15, 0.2) is 30.5 Å². The minimum absolute atomic E-state index is 0.00417. The molecule has 2 aromatic rings. The number of carbonyl (C=O) groups is 4. The van der Waals surface area contributed by atoms with E-state index in [4.69, 9.17) is 0 Å². The van der Waals surface area contributed by atoms with Gasteiger partial charge in [-0.25, -0.2) is 4.39 Å². The van der Waals surface area contributed by atoms with Crippen LogP contribution in [0.2, 0.25) is 0 Å². The van der Waals surface area contributed by atoms with Gasteiger partial charge in [0.25, 0.3) is 5.91 Å². The van der Waals surface area contributed by atoms with Crippen molar-refractivity contribution in [3.63, 3.8) is 0 Å². The average Bonchev–Trinajstić information content (AvgIpc) is 3.92. The molecule has 3 N–H and O–H groups in total. The third kappa shape index (κ3) is 6.67. The number of nitrogens with one attached hydrogen (secondary N) is 3. The number of hydrogen-bond donors (Lipinski definition) is 3. The first-order valence-corrected chi connectivity index (χ1v) is 16.8. The Bertz CT molecular complexity index is 1480. The zero-order valence-corrected chi connectivity index (χ0v) is 27.2. The molecule has 12 heteroatoms. The van der Waals surface area contributed by atoms with Gasteiger partial charge in [0.05, 0.1) is 5.69 Å². The number of halogens is 1. The first kappa shape index (κ1) is 32.2. The van der Waals surface area contributed by atoms with Crippen molar-refractivity contribution < 1.29 is 23.6 Å². The number of hydrogen-bond acceptors (Lipinski definition) is 6. The van der Waals surface area contributed by atoms with E-state index in [2.05, 4.69) is 33.0 Å². The molecule has 0 spiro atoms. The molecule has 3 saturated carbocycles. The van der Waals surface area contributed by atoms with E-state index < -0.39 is 29.7 Å². The predicted molar refractivity (Wildman–Crippen MR) is 170 cm³/mol. The number of amides is 4. The lowest BCUT2D eigenvalue weighted by Crippen LogP contribution is -2.55. The number of piperazine rings is 1. The van der Waals surface area contributed by atoms with Crippen molar-refractivity contribution in [2.45, 2.75) is 95.9 Å². The predicted octanol–water partition coefficient (Wildman–Crippen LogP) is 3.13. The number of nitrogens with zero attached hydrogens (tertiary/aromatic N) is 4. The lowest BCUT2D eigenvalue weighted by Gasteiger charge is -2.36. The first-order valence-electron chi connectivity index (χ1n) is 16.8. The Morgan fingerprint density at radius 1 is 0.978 bits per heavy atom. The molecule has 1 saturated heterocycles. The Labute approximate surface area is 269 Å². The van der Waals surface area contributed by atoms with Crippen molar-refractivity contribution in [3.8, 4) is 0 Å². The summed E-state index contributed by atoms with van der Waals surface area (Å²) in [6.45, 7) is 7.31. The number of aromatic nitrogens is 2. The summed E-state index contributed by atoms with van der Waals surface area (Å²) in [5.41, 5.74) is 0.922. The zero-order valence-electron chi connectivity index (χ0n) is 27.2. The summed E-state index contributed by atoms with van der Waals surface area (Å²) < 4.78 is 17.3. The minimum atomic E-state index is -0.842. The van der Waals surface area contributed by atoms with Crippen molar-refractivity contribution in [3.05, 3.63) is 47.5 Å². The van der Waals surface area contributed by atoms with Gasteiger partial charge >= 0.3 is 0 Å². The van der Waals surface area contributed by atoms with Crippen molar-refractivity contribution >= 4 is 29.3 Å². The molecular weight excluding hydrogens is 589 g/mol. The third-order valence-corrected chi connectivity index (χ3v) is 10.4. The third-order valence-electron chi connectivity index (χ3n) is 10.4. The topological polar surface area (TPSA) is 129 Å². The Morgan fingerprint density at radius 3 is 2.33 bits per heavy atom. The molecule has 0 bridgehead atoms. The standard InChI is InChI=1S/C34H46FN7O4/c1-5-28(43)38-30(34(46)41-16-15-40(4)26-18-27(26)41)19(3)22-11-12-24(23(35)17-22)37-33(45)31(29(20-7-8-20)21-9-10-21)39-32(44)25-13-14-36-42(25)6-2/h11-14,17,19-21,26-27,29-31H,5-10,15-16,18H2,1-4H3,(H,37,45)(H,38,43)(H,39,44)/t19-,26+,27-,30+,31-/m0/s1. The van der Waals surface area contributed by atoms with E-state index in [-0.39, 0.29) is 41.8 Å². The highest BCUT2D eigenvalue weighted by atomic mass is 19.1. The number of aryl methyl sites for hydroxylation is 1. The molecule has 6 rings (SSSR count). The lowest BCUT2D eigenvalue weighted by molar-refractivity contribution is -0.138. The van der Waals surface area contributed by atoms with Gasteiger partial charge in [-0.05, 0) is 87.6 Å². The van der Waals surface area contributed by atoms with Gasteiger partial charge in [0.15, 0.2) is 0 Å². The van der Waals surface area contributed by atoms with Gasteiger partial charge in [0, 0.05) is 50.3 Å².